The minimum atomic E-state index is -1.53. The SMILES string of the molecule is CC(C(=O)C(=O)O)C(N=O)c1cccs1. The lowest BCUT2D eigenvalue weighted by molar-refractivity contribution is -0.151. The third kappa shape index (κ3) is 2.47. The summed E-state index contributed by atoms with van der Waals surface area (Å²) in [6, 6.07) is 2.46. The van der Waals surface area contributed by atoms with Crippen LogP contribution < -0.4 is 0 Å². The topological polar surface area (TPSA) is 83.8 Å². The molecule has 0 aliphatic heterocycles. The Balaban J connectivity index is 2.89. The van der Waals surface area contributed by atoms with Crippen LogP contribution in [0.25, 0.3) is 0 Å². The molecule has 1 N–H and O–H groups in total. The Morgan fingerprint density at radius 3 is 2.60 bits per heavy atom. The highest BCUT2D eigenvalue weighted by Crippen LogP contribution is 2.29. The van der Waals surface area contributed by atoms with Crippen LogP contribution in [-0.2, 0) is 9.59 Å². The number of ketones is 1. The van der Waals surface area contributed by atoms with Crippen molar-refractivity contribution >= 4 is 23.1 Å². The van der Waals surface area contributed by atoms with Gasteiger partial charge in [0.2, 0.25) is 5.78 Å². The first-order valence-electron chi connectivity index (χ1n) is 4.21. The zero-order chi connectivity index (χ0) is 11.4. The molecule has 0 saturated heterocycles. The molecule has 0 amide bonds. The van der Waals surface area contributed by atoms with Gasteiger partial charge in [-0.1, -0.05) is 18.2 Å². The average molecular weight is 227 g/mol. The van der Waals surface area contributed by atoms with Gasteiger partial charge < -0.3 is 5.11 Å². The molecule has 0 aliphatic rings. The predicted octanol–water partition coefficient (Wildman–Crippen LogP) is 1.85. The van der Waals surface area contributed by atoms with E-state index in [9.17, 15) is 14.5 Å². The molecule has 0 spiro atoms. The van der Waals surface area contributed by atoms with Gasteiger partial charge in [-0.2, -0.15) is 4.91 Å². The highest BCUT2D eigenvalue weighted by atomic mass is 32.1. The summed E-state index contributed by atoms with van der Waals surface area (Å²) < 4.78 is 0. The fraction of sp³-hybridized carbons (Fsp3) is 0.333. The Kier molecular flexibility index (Phi) is 3.68. The second kappa shape index (κ2) is 4.79. The molecule has 5 nitrogen and oxygen atoms in total. The molecule has 0 aliphatic carbocycles. The first-order chi connectivity index (χ1) is 7.07. The van der Waals surface area contributed by atoms with Gasteiger partial charge in [0.15, 0.2) is 0 Å². The maximum absolute atomic E-state index is 11.1. The average Bonchev–Trinajstić information content (AvgIpc) is 2.70. The van der Waals surface area contributed by atoms with E-state index in [1.54, 1.807) is 17.5 Å². The fourth-order valence-electron chi connectivity index (χ4n) is 1.19. The van der Waals surface area contributed by atoms with Gasteiger partial charge in [0.05, 0.1) is 5.92 Å². The third-order valence-electron chi connectivity index (χ3n) is 2.05. The Bertz CT molecular complexity index is 373. The molecule has 0 fully saturated rings. The zero-order valence-corrected chi connectivity index (χ0v) is 8.73. The summed E-state index contributed by atoms with van der Waals surface area (Å²) in [7, 11) is 0. The zero-order valence-electron chi connectivity index (χ0n) is 7.91. The van der Waals surface area contributed by atoms with Gasteiger partial charge in [0.1, 0.15) is 6.04 Å². The van der Waals surface area contributed by atoms with Crippen LogP contribution in [0.3, 0.4) is 0 Å². The summed E-state index contributed by atoms with van der Waals surface area (Å²) in [6.45, 7) is 1.39. The molecule has 0 radical (unpaired) electrons. The molecule has 1 heterocycles. The molecule has 80 valence electrons. The molecular formula is C9H9NO4S. The van der Waals surface area contributed by atoms with Crippen molar-refractivity contribution in [3.8, 4) is 0 Å². The van der Waals surface area contributed by atoms with Crippen molar-refractivity contribution in [2.75, 3.05) is 0 Å². The van der Waals surface area contributed by atoms with Crippen molar-refractivity contribution in [3.05, 3.63) is 27.3 Å². The molecule has 2 unspecified atom stereocenters. The van der Waals surface area contributed by atoms with Gasteiger partial charge in [-0.05, 0) is 11.4 Å². The number of rotatable bonds is 5. The van der Waals surface area contributed by atoms with Gasteiger partial charge in [-0.25, -0.2) is 4.79 Å². The van der Waals surface area contributed by atoms with E-state index < -0.39 is 23.7 Å². The smallest absolute Gasteiger partial charge is 0.372 e. The highest BCUT2D eigenvalue weighted by molar-refractivity contribution is 7.10. The Hall–Kier alpha value is -1.56. The number of carbonyl (C=O) groups excluding carboxylic acids is 1. The van der Waals surface area contributed by atoms with Gasteiger partial charge in [-0.15, -0.1) is 11.3 Å². The number of Topliss-reactive ketones (excluding diaryl/α,β-unsaturated/α-hetero) is 1. The Labute approximate surface area is 89.7 Å². The molecule has 15 heavy (non-hydrogen) atoms. The van der Waals surface area contributed by atoms with Crippen LogP contribution in [0.15, 0.2) is 22.7 Å². The fourth-order valence-corrected chi connectivity index (χ4v) is 2.05. The van der Waals surface area contributed by atoms with E-state index in [0.29, 0.717) is 4.88 Å². The minimum absolute atomic E-state index is 0.604. The van der Waals surface area contributed by atoms with Crippen molar-refractivity contribution in [1.29, 1.82) is 0 Å². The Morgan fingerprint density at radius 1 is 1.53 bits per heavy atom. The van der Waals surface area contributed by atoms with E-state index in [1.807, 2.05) is 0 Å². The first-order valence-corrected chi connectivity index (χ1v) is 5.09. The number of aliphatic carboxylic acids is 1. The van der Waals surface area contributed by atoms with Crippen molar-refractivity contribution < 1.29 is 14.7 Å². The van der Waals surface area contributed by atoms with Gasteiger partial charge in [0, 0.05) is 4.88 Å². The van der Waals surface area contributed by atoms with E-state index in [4.69, 9.17) is 5.11 Å². The number of carboxylic acid groups (broad SMARTS) is 1. The summed E-state index contributed by atoms with van der Waals surface area (Å²) in [6.07, 6.45) is 0. The number of carbonyl (C=O) groups is 2. The lowest BCUT2D eigenvalue weighted by Gasteiger charge is -2.12. The van der Waals surface area contributed by atoms with E-state index in [0.717, 1.165) is 0 Å². The number of nitroso groups, excluding NO2 is 1. The van der Waals surface area contributed by atoms with Gasteiger partial charge in [-0.3, -0.25) is 4.79 Å². The van der Waals surface area contributed by atoms with Crippen LogP contribution in [0.1, 0.15) is 17.8 Å². The minimum Gasteiger partial charge on any atom is -0.475 e. The molecule has 1 rings (SSSR count). The molecule has 2 atom stereocenters. The third-order valence-corrected chi connectivity index (χ3v) is 2.99. The summed E-state index contributed by atoms with van der Waals surface area (Å²) in [4.78, 5) is 32.8. The van der Waals surface area contributed by atoms with Crippen LogP contribution in [0.2, 0.25) is 0 Å². The lowest BCUT2D eigenvalue weighted by Crippen LogP contribution is -2.25. The van der Waals surface area contributed by atoms with E-state index in [1.165, 1.54) is 18.3 Å². The summed E-state index contributed by atoms with van der Waals surface area (Å²) in [5, 5.41) is 13.1. The van der Waals surface area contributed by atoms with E-state index in [2.05, 4.69) is 5.18 Å². The second-order valence-electron chi connectivity index (χ2n) is 3.02. The van der Waals surface area contributed by atoms with Gasteiger partial charge in [0.25, 0.3) is 0 Å². The van der Waals surface area contributed by atoms with Crippen LogP contribution in [0, 0.1) is 10.8 Å². The molecule has 6 heteroatoms. The maximum Gasteiger partial charge on any atom is 0.372 e. The van der Waals surface area contributed by atoms with E-state index in [-0.39, 0.29) is 0 Å². The first kappa shape index (κ1) is 11.5. The number of nitrogens with zero attached hydrogens (tertiary/aromatic N) is 1. The van der Waals surface area contributed by atoms with Crippen molar-refractivity contribution in [2.24, 2.45) is 11.1 Å². The van der Waals surface area contributed by atoms with Gasteiger partial charge >= 0.3 is 5.97 Å². The molecule has 1 aromatic heterocycles. The molecule has 0 bridgehead atoms. The van der Waals surface area contributed by atoms with Crippen LogP contribution in [0.4, 0.5) is 0 Å². The second-order valence-corrected chi connectivity index (χ2v) is 4.00. The highest BCUT2D eigenvalue weighted by Gasteiger charge is 2.31. The maximum atomic E-state index is 11.1. The number of carboxylic acids is 1. The molecule has 0 saturated carbocycles. The van der Waals surface area contributed by atoms with Crippen LogP contribution in [-0.4, -0.2) is 16.9 Å². The Morgan fingerprint density at radius 2 is 2.20 bits per heavy atom. The van der Waals surface area contributed by atoms with Crippen molar-refractivity contribution in [2.45, 2.75) is 13.0 Å². The predicted molar refractivity (Wildman–Crippen MR) is 54.7 cm³/mol. The number of thiophene rings is 1. The lowest BCUT2D eigenvalue weighted by atomic mass is 9.96. The van der Waals surface area contributed by atoms with Crippen molar-refractivity contribution in [3.63, 3.8) is 0 Å². The standard InChI is InChI=1S/C9H9NO4S/c1-5(8(11)9(12)13)7(10-14)6-3-2-4-15-6/h2-5,7H,1H3,(H,12,13). The summed E-state index contributed by atoms with van der Waals surface area (Å²) in [5.41, 5.74) is 0. The number of hydrogen-bond donors (Lipinski definition) is 1. The largest absolute Gasteiger partial charge is 0.475 e. The molecule has 1 aromatic rings. The summed E-state index contributed by atoms with van der Waals surface area (Å²) in [5.74, 6) is -3.46. The summed E-state index contributed by atoms with van der Waals surface area (Å²) >= 11 is 1.27. The van der Waals surface area contributed by atoms with E-state index >= 15 is 0 Å². The monoisotopic (exact) mass is 227 g/mol. The van der Waals surface area contributed by atoms with Crippen LogP contribution in [0.5, 0.6) is 0 Å². The van der Waals surface area contributed by atoms with Crippen molar-refractivity contribution in [1.82, 2.24) is 0 Å². The van der Waals surface area contributed by atoms with Crippen LogP contribution >= 0.6 is 11.3 Å². The molecular weight excluding hydrogens is 218 g/mol. The quantitative estimate of drug-likeness (QED) is 0.614. The molecule has 0 aromatic carbocycles. The number of hydrogen-bond acceptors (Lipinski definition) is 5. The normalized spacial score (nSPS) is 14.2.